The van der Waals surface area contributed by atoms with Crippen molar-refractivity contribution in [1.29, 1.82) is 0 Å². The summed E-state index contributed by atoms with van der Waals surface area (Å²) in [4.78, 5) is 8.63. The Bertz CT molecular complexity index is 380. The zero-order valence-corrected chi connectivity index (χ0v) is 11.0. The van der Waals surface area contributed by atoms with Crippen LogP contribution in [0.5, 0.6) is 0 Å². The molecule has 2 N–H and O–H groups in total. The fraction of sp³-hybridized carbons (Fsp3) is 0.615. The molecule has 0 bridgehead atoms. The molecule has 1 aromatic heterocycles. The van der Waals surface area contributed by atoms with Crippen molar-refractivity contribution in [1.82, 2.24) is 9.88 Å². The monoisotopic (exact) mass is 251 g/mol. The quantitative estimate of drug-likeness (QED) is 0.793. The van der Waals surface area contributed by atoms with Crippen LogP contribution in [0.25, 0.3) is 0 Å². The zero-order chi connectivity index (χ0) is 13.1. The predicted molar refractivity (Wildman–Crippen MR) is 70.5 cm³/mol. The lowest BCUT2D eigenvalue weighted by Gasteiger charge is -2.27. The topological polar surface area (TPSA) is 59.8 Å². The number of nitrogens with zero attached hydrogens (tertiary/aromatic N) is 3. The molecule has 100 valence electrons. The van der Waals surface area contributed by atoms with Crippen molar-refractivity contribution in [2.24, 2.45) is 0 Å². The van der Waals surface area contributed by atoms with Crippen LogP contribution in [0.3, 0.4) is 0 Å². The minimum Gasteiger partial charge on any atom is -0.392 e. The van der Waals surface area contributed by atoms with E-state index in [9.17, 15) is 5.11 Å². The highest BCUT2D eigenvalue weighted by Crippen LogP contribution is 2.24. The molecular formula is C13H21N3O2. The molecule has 2 heterocycles. The first-order valence-corrected chi connectivity index (χ1v) is 6.25. The fourth-order valence-electron chi connectivity index (χ4n) is 2.45. The summed E-state index contributed by atoms with van der Waals surface area (Å²) in [6, 6.07) is 4.08. The zero-order valence-electron chi connectivity index (χ0n) is 11.0. The number of aromatic nitrogens is 1. The van der Waals surface area contributed by atoms with E-state index in [2.05, 4.69) is 14.8 Å². The van der Waals surface area contributed by atoms with Gasteiger partial charge in [0.05, 0.1) is 12.7 Å². The molecule has 0 amide bonds. The Labute approximate surface area is 108 Å². The third-order valence-electron chi connectivity index (χ3n) is 3.25. The Morgan fingerprint density at radius 3 is 2.78 bits per heavy atom. The van der Waals surface area contributed by atoms with E-state index in [-0.39, 0.29) is 12.7 Å². The molecule has 0 aliphatic carbocycles. The molecule has 18 heavy (non-hydrogen) atoms. The minimum absolute atomic E-state index is 0.0109. The largest absolute Gasteiger partial charge is 0.392 e. The Morgan fingerprint density at radius 2 is 2.22 bits per heavy atom. The van der Waals surface area contributed by atoms with Crippen molar-refractivity contribution in [3.63, 3.8) is 0 Å². The molecule has 2 unspecified atom stereocenters. The molecule has 2 rings (SSSR count). The number of likely N-dealkylation sites (N-methyl/N-ethyl adjacent to an activating group) is 1. The molecule has 0 radical (unpaired) electrons. The molecule has 1 saturated heterocycles. The van der Waals surface area contributed by atoms with Crippen LogP contribution in [0.1, 0.15) is 12.0 Å². The van der Waals surface area contributed by atoms with E-state index in [0.717, 1.165) is 24.3 Å². The van der Waals surface area contributed by atoms with Gasteiger partial charge in [0.25, 0.3) is 0 Å². The van der Waals surface area contributed by atoms with Crippen LogP contribution in [0.15, 0.2) is 18.3 Å². The molecule has 2 atom stereocenters. The van der Waals surface area contributed by atoms with E-state index >= 15 is 0 Å². The normalized spacial score (nSPS) is 23.9. The first kappa shape index (κ1) is 13.3. The molecule has 0 aromatic carbocycles. The Balaban J connectivity index is 2.13. The number of aliphatic hydroxyl groups is 2. The molecule has 0 spiro atoms. The maximum absolute atomic E-state index is 9.82. The Morgan fingerprint density at radius 1 is 1.44 bits per heavy atom. The summed E-state index contributed by atoms with van der Waals surface area (Å²) in [5.41, 5.74) is 0.808. The number of hydrogen-bond donors (Lipinski definition) is 2. The second kappa shape index (κ2) is 5.65. The molecule has 1 fully saturated rings. The van der Waals surface area contributed by atoms with Crippen LogP contribution in [-0.2, 0) is 6.61 Å². The van der Waals surface area contributed by atoms with Gasteiger partial charge in [-0.25, -0.2) is 4.98 Å². The Hall–Kier alpha value is -1.17. The van der Waals surface area contributed by atoms with E-state index in [4.69, 9.17) is 5.11 Å². The minimum atomic E-state index is -0.283. The van der Waals surface area contributed by atoms with Crippen molar-refractivity contribution >= 4 is 5.82 Å². The highest BCUT2D eigenvalue weighted by Gasteiger charge is 2.31. The van der Waals surface area contributed by atoms with Gasteiger partial charge in [-0.3, -0.25) is 0 Å². The van der Waals surface area contributed by atoms with Gasteiger partial charge in [0.2, 0.25) is 0 Å². The van der Waals surface area contributed by atoms with Gasteiger partial charge in [0.15, 0.2) is 0 Å². The maximum Gasteiger partial charge on any atom is 0.128 e. The smallest absolute Gasteiger partial charge is 0.128 e. The van der Waals surface area contributed by atoms with Crippen molar-refractivity contribution in [2.75, 3.05) is 32.1 Å². The summed E-state index contributed by atoms with van der Waals surface area (Å²) >= 11 is 0. The van der Waals surface area contributed by atoms with Crippen LogP contribution < -0.4 is 4.90 Å². The van der Waals surface area contributed by atoms with Gasteiger partial charge < -0.3 is 20.0 Å². The van der Waals surface area contributed by atoms with Gasteiger partial charge in [-0.05, 0) is 32.1 Å². The van der Waals surface area contributed by atoms with E-state index in [1.807, 2.05) is 26.2 Å². The molecule has 5 heteroatoms. The Kier molecular flexibility index (Phi) is 4.16. The van der Waals surface area contributed by atoms with Crippen LogP contribution >= 0.6 is 0 Å². The van der Waals surface area contributed by atoms with Gasteiger partial charge in [0, 0.05) is 25.3 Å². The highest BCUT2D eigenvalue weighted by molar-refractivity contribution is 5.42. The third-order valence-corrected chi connectivity index (χ3v) is 3.25. The average Bonchev–Trinajstić information content (AvgIpc) is 2.69. The number of hydrogen-bond acceptors (Lipinski definition) is 5. The lowest BCUT2D eigenvalue weighted by molar-refractivity contribution is 0.191. The summed E-state index contributed by atoms with van der Waals surface area (Å²) in [5, 5.41) is 18.8. The first-order chi connectivity index (χ1) is 8.60. The maximum atomic E-state index is 9.82. The second-order valence-corrected chi connectivity index (χ2v) is 5.14. The summed E-state index contributed by atoms with van der Waals surface area (Å²) in [6.07, 6.45) is 2.18. The SMILES string of the molecule is CN(C)CC1CC(O)CN1c1ccc(CO)cn1. The van der Waals surface area contributed by atoms with E-state index in [1.165, 1.54) is 0 Å². The third kappa shape index (κ3) is 2.98. The molecule has 1 aliphatic heterocycles. The number of anilines is 1. The number of pyridine rings is 1. The molecule has 5 nitrogen and oxygen atoms in total. The lowest BCUT2D eigenvalue weighted by Crippen LogP contribution is -2.38. The summed E-state index contributed by atoms with van der Waals surface area (Å²) in [6.45, 7) is 1.54. The van der Waals surface area contributed by atoms with Gasteiger partial charge in [-0.15, -0.1) is 0 Å². The standard InChI is InChI=1S/C13H21N3O2/c1-15(2)7-11-5-12(18)8-16(11)13-4-3-10(9-17)6-14-13/h3-4,6,11-12,17-18H,5,7-9H2,1-2H3. The van der Waals surface area contributed by atoms with Crippen LogP contribution in [0.2, 0.25) is 0 Å². The second-order valence-electron chi connectivity index (χ2n) is 5.14. The van der Waals surface area contributed by atoms with E-state index in [1.54, 1.807) is 6.20 Å². The molecule has 1 aliphatic rings. The van der Waals surface area contributed by atoms with Crippen LogP contribution in [-0.4, -0.2) is 59.4 Å². The molecule has 0 saturated carbocycles. The van der Waals surface area contributed by atoms with Crippen molar-refractivity contribution in [2.45, 2.75) is 25.2 Å². The predicted octanol–water partition coefficient (Wildman–Crippen LogP) is 0.0751. The molecule has 1 aromatic rings. The number of aliphatic hydroxyl groups excluding tert-OH is 2. The van der Waals surface area contributed by atoms with Crippen molar-refractivity contribution in [3.8, 4) is 0 Å². The van der Waals surface area contributed by atoms with Crippen molar-refractivity contribution in [3.05, 3.63) is 23.9 Å². The molecular weight excluding hydrogens is 230 g/mol. The summed E-state index contributed by atoms with van der Waals surface area (Å²) in [5.74, 6) is 0.871. The average molecular weight is 251 g/mol. The van der Waals surface area contributed by atoms with Crippen LogP contribution in [0, 0.1) is 0 Å². The van der Waals surface area contributed by atoms with E-state index in [0.29, 0.717) is 12.6 Å². The first-order valence-electron chi connectivity index (χ1n) is 6.25. The number of rotatable bonds is 4. The fourth-order valence-corrected chi connectivity index (χ4v) is 2.45. The van der Waals surface area contributed by atoms with Gasteiger partial charge >= 0.3 is 0 Å². The number of β-amino-alcohol motifs (C(OH)–C–C–N with tert-alkyl or cyclic N) is 1. The lowest BCUT2D eigenvalue weighted by atomic mass is 10.2. The van der Waals surface area contributed by atoms with Crippen molar-refractivity contribution < 1.29 is 10.2 Å². The van der Waals surface area contributed by atoms with Gasteiger partial charge in [-0.2, -0.15) is 0 Å². The summed E-state index contributed by atoms with van der Waals surface area (Å²) in [7, 11) is 4.07. The van der Waals surface area contributed by atoms with Crippen LogP contribution in [0.4, 0.5) is 5.82 Å². The van der Waals surface area contributed by atoms with Gasteiger partial charge in [-0.1, -0.05) is 6.07 Å². The highest BCUT2D eigenvalue weighted by atomic mass is 16.3. The van der Waals surface area contributed by atoms with Gasteiger partial charge in [0.1, 0.15) is 5.82 Å². The summed E-state index contributed by atoms with van der Waals surface area (Å²) < 4.78 is 0. The van der Waals surface area contributed by atoms with E-state index < -0.39 is 0 Å².